The number of amides is 2. The average Bonchev–Trinajstić information content (AvgIpc) is 2.86. The number of fused-ring (bicyclic) bond motifs is 3. The molecule has 2 aromatic rings. The quantitative estimate of drug-likeness (QED) is 0.698. The van der Waals surface area contributed by atoms with Crippen molar-refractivity contribution in [2.24, 2.45) is 5.73 Å². The summed E-state index contributed by atoms with van der Waals surface area (Å²) in [4.78, 5) is 26.5. The number of nitrogens with zero attached hydrogens (tertiary/aromatic N) is 2. The van der Waals surface area contributed by atoms with Gasteiger partial charge in [0.05, 0.1) is 4.90 Å². The number of hydrogen-bond acceptors (Lipinski definition) is 5. The van der Waals surface area contributed by atoms with E-state index in [4.69, 9.17) is 10.5 Å². The maximum Gasteiger partial charge on any atom is 0.248 e. The van der Waals surface area contributed by atoms with E-state index in [9.17, 15) is 18.0 Å². The number of ether oxygens (including phenoxy) is 1. The van der Waals surface area contributed by atoms with Crippen molar-refractivity contribution in [3.05, 3.63) is 59.7 Å². The molecule has 1 fully saturated rings. The Morgan fingerprint density at radius 2 is 1.74 bits per heavy atom. The normalized spacial score (nSPS) is 20.7. The van der Waals surface area contributed by atoms with Crippen LogP contribution in [0.3, 0.4) is 0 Å². The molecule has 2 amide bonds. The Bertz CT molecular complexity index is 1150. The molecule has 0 radical (unpaired) electrons. The van der Waals surface area contributed by atoms with Crippen LogP contribution in [0.5, 0.6) is 5.75 Å². The van der Waals surface area contributed by atoms with E-state index < -0.39 is 15.9 Å². The van der Waals surface area contributed by atoms with Crippen molar-refractivity contribution in [3.8, 4) is 5.75 Å². The summed E-state index contributed by atoms with van der Waals surface area (Å²) in [5, 5.41) is 0. The van der Waals surface area contributed by atoms with Gasteiger partial charge < -0.3 is 15.4 Å². The SMILES string of the molecule is NC(=O)c1ccc(S(=O)(=O)N2CCCC(=O)N3CCCCC3CCc3cccc(c3)OCC2)cc1. The van der Waals surface area contributed by atoms with Crippen molar-refractivity contribution < 1.29 is 22.7 Å². The molecular formula is C26H33N3O5S. The second-order valence-corrected chi connectivity index (χ2v) is 11.1. The van der Waals surface area contributed by atoms with Crippen LogP contribution in [0.25, 0.3) is 0 Å². The number of rotatable bonds is 3. The highest BCUT2D eigenvalue weighted by atomic mass is 32.2. The number of primary amides is 1. The van der Waals surface area contributed by atoms with E-state index in [2.05, 4.69) is 6.07 Å². The Labute approximate surface area is 207 Å². The third-order valence-electron chi connectivity index (χ3n) is 6.80. The molecule has 1 unspecified atom stereocenters. The molecule has 0 aromatic heterocycles. The minimum atomic E-state index is -3.85. The lowest BCUT2D eigenvalue weighted by Gasteiger charge is -2.36. The maximum atomic E-state index is 13.4. The monoisotopic (exact) mass is 499 g/mol. The Kier molecular flexibility index (Phi) is 8.07. The van der Waals surface area contributed by atoms with Crippen LogP contribution in [0.4, 0.5) is 0 Å². The lowest BCUT2D eigenvalue weighted by atomic mass is 9.95. The van der Waals surface area contributed by atoms with Gasteiger partial charge in [0.15, 0.2) is 0 Å². The molecular weight excluding hydrogens is 466 g/mol. The molecule has 2 N–H and O–H groups in total. The lowest BCUT2D eigenvalue weighted by Crippen LogP contribution is -2.44. The molecule has 1 atom stereocenters. The maximum absolute atomic E-state index is 13.4. The number of sulfonamides is 1. The van der Waals surface area contributed by atoms with Gasteiger partial charge in [0.2, 0.25) is 21.8 Å². The summed E-state index contributed by atoms with van der Waals surface area (Å²) in [7, 11) is -3.85. The molecule has 188 valence electrons. The van der Waals surface area contributed by atoms with E-state index in [1.165, 1.54) is 28.6 Å². The molecule has 0 saturated carbocycles. The van der Waals surface area contributed by atoms with Gasteiger partial charge >= 0.3 is 0 Å². The third kappa shape index (κ3) is 6.21. The first kappa shape index (κ1) is 25.2. The molecule has 35 heavy (non-hydrogen) atoms. The number of carbonyl (C=O) groups is 2. The van der Waals surface area contributed by atoms with Crippen molar-refractivity contribution in [1.29, 1.82) is 0 Å². The van der Waals surface area contributed by atoms with Crippen molar-refractivity contribution >= 4 is 21.8 Å². The van der Waals surface area contributed by atoms with Crippen molar-refractivity contribution in [2.75, 3.05) is 26.2 Å². The fraction of sp³-hybridized carbons (Fsp3) is 0.462. The van der Waals surface area contributed by atoms with Crippen LogP contribution < -0.4 is 10.5 Å². The van der Waals surface area contributed by atoms with Gasteiger partial charge in [-0.2, -0.15) is 4.31 Å². The van der Waals surface area contributed by atoms with Gasteiger partial charge in [0.25, 0.3) is 0 Å². The molecule has 2 heterocycles. The van der Waals surface area contributed by atoms with Crippen LogP contribution >= 0.6 is 0 Å². The van der Waals surface area contributed by atoms with Crippen molar-refractivity contribution in [3.63, 3.8) is 0 Å². The Balaban J connectivity index is 1.57. The molecule has 2 aliphatic heterocycles. The summed E-state index contributed by atoms with van der Waals surface area (Å²) < 4.78 is 34.1. The lowest BCUT2D eigenvalue weighted by molar-refractivity contribution is -0.135. The van der Waals surface area contributed by atoms with Gasteiger partial charge in [-0.25, -0.2) is 8.42 Å². The van der Waals surface area contributed by atoms with Crippen molar-refractivity contribution in [2.45, 2.75) is 55.9 Å². The van der Waals surface area contributed by atoms with Crippen LogP contribution in [0, 0.1) is 0 Å². The number of carbonyl (C=O) groups excluding carboxylic acids is 2. The molecule has 0 spiro atoms. The van der Waals surface area contributed by atoms with E-state index in [1.54, 1.807) is 0 Å². The topological polar surface area (TPSA) is 110 Å². The zero-order chi connectivity index (χ0) is 24.8. The summed E-state index contributed by atoms with van der Waals surface area (Å²) >= 11 is 0. The van der Waals surface area contributed by atoms with Crippen molar-refractivity contribution in [1.82, 2.24) is 9.21 Å². The molecule has 4 rings (SSSR count). The second-order valence-electron chi connectivity index (χ2n) is 9.17. The van der Waals surface area contributed by atoms with Gasteiger partial charge in [0.1, 0.15) is 12.4 Å². The third-order valence-corrected chi connectivity index (χ3v) is 8.71. The van der Waals surface area contributed by atoms with E-state index in [-0.39, 0.29) is 42.1 Å². The number of aryl methyl sites for hydroxylation is 1. The summed E-state index contributed by atoms with van der Waals surface area (Å²) in [5.41, 5.74) is 6.67. The van der Waals surface area contributed by atoms with E-state index in [0.717, 1.165) is 44.2 Å². The van der Waals surface area contributed by atoms with E-state index in [0.29, 0.717) is 18.6 Å². The van der Waals surface area contributed by atoms with Crippen LogP contribution in [0.2, 0.25) is 0 Å². The second kappa shape index (κ2) is 11.2. The first-order chi connectivity index (χ1) is 16.8. The van der Waals surface area contributed by atoms with E-state index >= 15 is 0 Å². The molecule has 2 aliphatic rings. The summed E-state index contributed by atoms with van der Waals surface area (Å²) in [6, 6.07) is 13.7. The van der Waals surface area contributed by atoms with Gasteiger partial charge in [-0.05, 0) is 80.5 Å². The smallest absolute Gasteiger partial charge is 0.248 e. The minimum absolute atomic E-state index is 0.0739. The first-order valence-electron chi connectivity index (χ1n) is 12.3. The van der Waals surface area contributed by atoms with Crippen LogP contribution in [-0.2, 0) is 21.2 Å². The molecule has 2 aromatic carbocycles. The molecule has 1 saturated heterocycles. The molecule has 2 bridgehead atoms. The number of hydrogen-bond donors (Lipinski definition) is 1. The number of piperidine rings is 1. The summed E-state index contributed by atoms with van der Waals surface area (Å²) in [6.07, 6.45) is 5.64. The van der Waals surface area contributed by atoms with E-state index in [1.807, 2.05) is 23.1 Å². The minimum Gasteiger partial charge on any atom is -0.492 e. The highest BCUT2D eigenvalue weighted by Crippen LogP contribution is 2.25. The predicted octanol–water partition coefficient (Wildman–Crippen LogP) is 2.96. The highest BCUT2D eigenvalue weighted by molar-refractivity contribution is 7.89. The summed E-state index contributed by atoms with van der Waals surface area (Å²) in [6.45, 7) is 1.30. The molecule has 8 nitrogen and oxygen atoms in total. The number of nitrogens with two attached hydrogens (primary N) is 1. The van der Waals surface area contributed by atoms with Gasteiger partial charge in [-0.15, -0.1) is 0 Å². The average molecular weight is 500 g/mol. The number of benzene rings is 2. The molecule has 0 aliphatic carbocycles. The van der Waals surface area contributed by atoms with Gasteiger partial charge in [-0.3, -0.25) is 9.59 Å². The zero-order valence-electron chi connectivity index (χ0n) is 19.9. The standard InChI is InChI=1S/C26H33N3O5S/c27-26(31)21-10-13-24(14-11-21)35(32,33)28-15-4-8-25(30)29-16-2-1-6-22(29)12-9-20-5-3-7-23(19-20)34-18-17-28/h3,5,7,10-11,13-14,19,22H,1-2,4,6,8-9,12,15-18H2,(H2,27,31). The van der Waals surface area contributed by atoms with Crippen LogP contribution in [-0.4, -0.2) is 61.7 Å². The highest BCUT2D eigenvalue weighted by Gasteiger charge is 2.28. The Hall–Kier alpha value is -2.91. The fourth-order valence-corrected chi connectivity index (χ4v) is 6.32. The zero-order valence-corrected chi connectivity index (χ0v) is 20.7. The summed E-state index contributed by atoms with van der Waals surface area (Å²) in [5.74, 6) is 0.183. The Morgan fingerprint density at radius 3 is 2.51 bits per heavy atom. The molecule has 9 heteroatoms. The van der Waals surface area contributed by atoms with Gasteiger partial charge in [0, 0.05) is 37.7 Å². The largest absolute Gasteiger partial charge is 0.492 e. The van der Waals surface area contributed by atoms with Gasteiger partial charge in [-0.1, -0.05) is 12.1 Å². The predicted molar refractivity (Wildman–Crippen MR) is 133 cm³/mol. The Morgan fingerprint density at radius 1 is 0.943 bits per heavy atom. The van der Waals surface area contributed by atoms with Crippen LogP contribution in [0.15, 0.2) is 53.4 Å². The fourth-order valence-electron chi connectivity index (χ4n) is 4.86. The first-order valence-corrected chi connectivity index (χ1v) is 13.7. The van der Waals surface area contributed by atoms with Crippen LogP contribution in [0.1, 0.15) is 54.4 Å².